The quantitative estimate of drug-likeness (QED) is 0.326. The molecular formula is C24H20ClN4O4S-. The first-order chi connectivity index (χ1) is 16.2. The molecule has 1 heterocycles. The highest BCUT2D eigenvalue weighted by Crippen LogP contribution is 2.23. The predicted octanol–water partition coefficient (Wildman–Crippen LogP) is 3.38. The molecule has 0 fully saturated rings. The van der Waals surface area contributed by atoms with Crippen molar-refractivity contribution in [1.82, 2.24) is 9.36 Å². The zero-order valence-corrected chi connectivity index (χ0v) is 19.8. The van der Waals surface area contributed by atoms with E-state index in [1.165, 1.54) is 41.1 Å². The van der Waals surface area contributed by atoms with E-state index in [0.717, 1.165) is 0 Å². The summed E-state index contributed by atoms with van der Waals surface area (Å²) in [5.74, 6) is -0.750. The summed E-state index contributed by atoms with van der Waals surface area (Å²) in [7, 11) is -2.29. The van der Waals surface area contributed by atoms with Gasteiger partial charge in [0.05, 0.1) is 22.0 Å². The molecule has 0 saturated carbocycles. The SMILES string of the molecule is Cc1c(N=C([O-])c2ccccc2NS(=O)(=O)c2ccc(Cl)cc2)c(=O)n(-c2ccccc2)n1C. The van der Waals surface area contributed by atoms with E-state index in [4.69, 9.17) is 11.6 Å². The lowest BCUT2D eigenvalue weighted by Gasteiger charge is -2.17. The van der Waals surface area contributed by atoms with Crippen LogP contribution in [0.3, 0.4) is 0 Å². The Kier molecular flexibility index (Phi) is 6.32. The molecule has 4 rings (SSSR count). The van der Waals surface area contributed by atoms with Crippen LogP contribution >= 0.6 is 11.6 Å². The van der Waals surface area contributed by atoms with Gasteiger partial charge in [-0.3, -0.25) is 19.2 Å². The van der Waals surface area contributed by atoms with E-state index >= 15 is 0 Å². The molecule has 0 aliphatic carbocycles. The molecule has 0 radical (unpaired) electrons. The molecule has 1 aromatic heterocycles. The Labute approximate surface area is 201 Å². The molecule has 1 N–H and O–H groups in total. The van der Waals surface area contributed by atoms with Gasteiger partial charge < -0.3 is 5.11 Å². The van der Waals surface area contributed by atoms with Gasteiger partial charge in [0.1, 0.15) is 0 Å². The minimum absolute atomic E-state index is 0.00829. The molecule has 0 atom stereocenters. The van der Waals surface area contributed by atoms with Crippen molar-refractivity contribution in [2.75, 3.05) is 4.72 Å². The first-order valence-corrected chi connectivity index (χ1v) is 12.0. The van der Waals surface area contributed by atoms with E-state index in [1.807, 2.05) is 6.07 Å². The van der Waals surface area contributed by atoms with Gasteiger partial charge in [-0.25, -0.2) is 13.1 Å². The summed E-state index contributed by atoms with van der Waals surface area (Å²) in [5, 5.41) is 13.5. The Bertz CT molecular complexity index is 1540. The Morgan fingerprint density at radius 3 is 2.26 bits per heavy atom. The van der Waals surface area contributed by atoms with Crippen molar-refractivity contribution in [3.8, 4) is 5.69 Å². The average molecular weight is 496 g/mol. The summed E-state index contributed by atoms with van der Waals surface area (Å²) in [6.45, 7) is 1.68. The van der Waals surface area contributed by atoms with Crippen LogP contribution in [0.25, 0.3) is 5.69 Å². The van der Waals surface area contributed by atoms with Crippen LogP contribution in [0, 0.1) is 6.92 Å². The molecule has 8 nitrogen and oxygen atoms in total. The number of aromatic nitrogens is 2. The molecule has 174 valence electrons. The molecule has 0 saturated heterocycles. The van der Waals surface area contributed by atoms with E-state index in [1.54, 1.807) is 55.1 Å². The third-order valence-electron chi connectivity index (χ3n) is 5.26. The largest absolute Gasteiger partial charge is 0.858 e. The number of hydrogen-bond acceptors (Lipinski definition) is 5. The maximum Gasteiger partial charge on any atom is 0.297 e. The second-order valence-electron chi connectivity index (χ2n) is 7.43. The summed E-state index contributed by atoms with van der Waals surface area (Å²) >= 11 is 5.84. The van der Waals surface area contributed by atoms with Crippen molar-refractivity contribution in [1.29, 1.82) is 0 Å². The second kappa shape index (κ2) is 9.20. The highest BCUT2D eigenvalue weighted by molar-refractivity contribution is 7.92. The second-order valence-corrected chi connectivity index (χ2v) is 9.55. The number of anilines is 1. The molecule has 34 heavy (non-hydrogen) atoms. The van der Waals surface area contributed by atoms with Gasteiger partial charge in [-0.05, 0) is 55.3 Å². The van der Waals surface area contributed by atoms with Crippen molar-refractivity contribution in [2.45, 2.75) is 11.8 Å². The fraction of sp³-hybridized carbons (Fsp3) is 0.0833. The smallest absolute Gasteiger partial charge is 0.297 e. The maximum absolute atomic E-state index is 13.1. The van der Waals surface area contributed by atoms with Gasteiger partial charge in [0, 0.05) is 17.6 Å². The summed E-state index contributed by atoms with van der Waals surface area (Å²) < 4.78 is 31.1. The van der Waals surface area contributed by atoms with Crippen LogP contribution in [0.5, 0.6) is 0 Å². The fourth-order valence-corrected chi connectivity index (χ4v) is 4.63. The van der Waals surface area contributed by atoms with Crippen molar-refractivity contribution in [2.24, 2.45) is 12.0 Å². The van der Waals surface area contributed by atoms with Crippen LogP contribution in [-0.4, -0.2) is 23.7 Å². The van der Waals surface area contributed by atoms with Crippen molar-refractivity contribution in [3.63, 3.8) is 0 Å². The molecular weight excluding hydrogens is 476 g/mol. The average Bonchev–Trinajstić information content (AvgIpc) is 3.03. The molecule has 0 unspecified atom stereocenters. The molecule has 0 spiro atoms. The number of benzene rings is 3. The molecule has 0 aliphatic rings. The van der Waals surface area contributed by atoms with Crippen LogP contribution in [0.1, 0.15) is 11.3 Å². The number of hydrogen-bond donors (Lipinski definition) is 1. The predicted molar refractivity (Wildman–Crippen MR) is 131 cm³/mol. The number of sulfonamides is 1. The molecule has 3 aromatic carbocycles. The van der Waals surface area contributed by atoms with Gasteiger partial charge in [0.2, 0.25) is 0 Å². The molecule has 4 aromatic rings. The summed E-state index contributed by atoms with van der Waals surface area (Å²) in [4.78, 5) is 17.1. The van der Waals surface area contributed by atoms with Crippen molar-refractivity contribution in [3.05, 3.63) is 105 Å². The number of rotatable bonds is 6. The third kappa shape index (κ3) is 4.48. The van der Waals surface area contributed by atoms with Gasteiger partial charge in [-0.15, -0.1) is 0 Å². The van der Waals surface area contributed by atoms with E-state index < -0.39 is 21.5 Å². The van der Waals surface area contributed by atoms with Gasteiger partial charge in [0.15, 0.2) is 5.69 Å². The lowest BCUT2D eigenvalue weighted by Crippen LogP contribution is -2.23. The highest BCUT2D eigenvalue weighted by atomic mass is 35.5. The molecule has 10 heteroatoms. The minimum Gasteiger partial charge on any atom is -0.858 e. The Morgan fingerprint density at radius 1 is 0.971 bits per heavy atom. The molecule has 0 aliphatic heterocycles. The zero-order valence-electron chi connectivity index (χ0n) is 18.3. The number of nitrogens with zero attached hydrogens (tertiary/aromatic N) is 3. The molecule has 0 amide bonds. The Morgan fingerprint density at radius 2 is 1.59 bits per heavy atom. The summed E-state index contributed by atoms with van der Waals surface area (Å²) in [6, 6.07) is 20.7. The fourth-order valence-electron chi connectivity index (χ4n) is 3.42. The lowest BCUT2D eigenvalue weighted by atomic mass is 10.2. The highest BCUT2D eigenvalue weighted by Gasteiger charge is 2.18. The first-order valence-electron chi connectivity index (χ1n) is 10.2. The van der Waals surface area contributed by atoms with Gasteiger partial charge in [-0.1, -0.05) is 48.0 Å². The number of nitrogens with one attached hydrogen (secondary N) is 1. The Hall–Kier alpha value is -3.82. The van der Waals surface area contributed by atoms with Crippen LogP contribution < -0.4 is 15.4 Å². The molecule has 0 bridgehead atoms. The standard InChI is InChI=1S/C24H21ClN4O4S/c1-16-22(24(31)29(28(16)2)18-8-4-3-5-9-18)26-23(30)20-10-6-7-11-21(20)27-34(32,33)19-14-12-17(25)13-15-19/h3-15,27H,1-2H3,(H,26,30)/p-1. The minimum atomic E-state index is -3.99. The topological polar surface area (TPSA) is 109 Å². The number of para-hydroxylation sites is 2. The van der Waals surface area contributed by atoms with Gasteiger partial charge in [0.25, 0.3) is 15.6 Å². The summed E-state index contributed by atoms with van der Waals surface area (Å²) in [5.41, 5.74) is 0.687. The monoisotopic (exact) mass is 495 g/mol. The maximum atomic E-state index is 13.1. The van der Waals surface area contributed by atoms with Crippen LogP contribution in [0.15, 0.2) is 93.5 Å². The normalized spacial score (nSPS) is 12.0. The van der Waals surface area contributed by atoms with E-state index in [2.05, 4.69) is 9.71 Å². The van der Waals surface area contributed by atoms with Gasteiger partial charge in [-0.2, -0.15) is 0 Å². The third-order valence-corrected chi connectivity index (χ3v) is 6.90. The van der Waals surface area contributed by atoms with Crippen LogP contribution in [0.4, 0.5) is 11.4 Å². The van der Waals surface area contributed by atoms with E-state index in [-0.39, 0.29) is 21.8 Å². The van der Waals surface area contributed by atoms with E-state index in [0.29, 0.717) is 16.4 Å². The van der Waals surface area contributed by atoms with Crippen LogP contribution in [-0.2, 0) is 17.1 Å². The van der Waals surface area contributed by atoms with Crippen molar-refractivity contribution < 1.29 is 13.5 Å². The zero-order chi connectivity index (χ0) is 24.5. The van der Waals surface area contributed by atoms with Crippen molar-refractivity contribution >= 4 is 38.9 Å². The number of halogens is 1. The Balaban J connectivity index is 1.75. The summed E-state index contributed by atoms with van der Waals surface area (Å²) in [6.07, 6.45) is 0. The lowest BCUT2D eigenvalue weighted by molar-refractivity contribution is -0.212. The first kappa shape index (κ1) is 23.3. The van der Waals surface area contributed by atoms with Crippen LogP contribution in [0.2, 0.25) is 5.02 Å². The van der Waals surface area contributed by atoms with Gasteiger partial charge >= 0.3 is 0 Å². The number of aliphatic imine (C=N–C) groups is 1. The van der Waals surface area contributed by atoms with E-state index in [9.17, 15) is 18.3 Å².